The lowest BCUT2D eigenvalue weighted by molar-refractivity contribution is -0.130. The summed E-state index contributed by atoms with van der Waals surface area (Å²) < 4.78 is 0.749. The number of halogens is 1. The Kier molecular flexibility index (Phi) is 5.19. The van der Waals surface area contributed by atoms with Crippen LogP contribution in [0, 0.1) is 0 Å². The van der Waals surface area contributed by atoms with Crippen molar-refractivity contribution in [3.63, 3.8) is 0 Å². The second kappa shape index (κ2) is 6.89. The summed E-state index contributed by atoms with van der Waals surface area (Å²) in [6, 6.07) is 7.76. The molecule has 100 valence electrons. The maximum Gasteiger partial charge on any atom is 0.228 e. The van der Waals surface area contributed by atoms with E-state index in [2.05, 4.69) is 6.58 Å². The highest BCUT2D eigenvalue weighted by atomic mass is 35.5. The smallest absolute Gasteiger partial charge is 0.228 e. The maximum absolute atomic E-state index is 12.3. The molecular weight excluding hydrogens is 298 g/mol. The molecule has 0 fully saturated rings. The molecule has 0 radical (unpaired) electrons. The maximum atomic E-state index is 12.3. The molecule has 5 heteroatoms. The first-order chi connectivity index (χ1) is 9.19. The molecule has 1 amide bonds. The normalized spacial score (nSPS) is 10.4. The van der Waals surface area contributed by atoms with Crippen molar-refractivity contribution in [2.45, 2.75) is 13.0 Å². The molecule has 0 bridgehead atoms. The zero-order chi connectivity index (χ0) is 13.7. The Morgan fingerprint density at radius 3 is 2.79 bits per heavy atom. The summed E-state index contributed by atoms with van der Waals surface area (Å²) in [5.41, 5.74) is 0. The van der Waals surface area contributed by atoms with Gasteiger partial charge in [-0.15, -0.1) is 29.3 Å². The van der Waals surface area contributed by atoms with Crippen LogP contribution in [-0.4, -0.2) is 17.4 Å². The summed E-state index contributed by atoms with van der Waals surface area (Å²) in [7, 11) is 0. The highest BCUT2D eigenvalue weighted by Crippen LogP contribution is 2.23. The van der Waals surface area contributed by atoms with Gasteiger partial charge in [0.1, 0.15) is 0 Å². The van der Waals surface area contributed by atoms with E-state index in [0.717, 1.165) is 14.1 Å². The largest absolute Gasteiger partial charge is 0.334 e. The van der Waals surface area contributed by atoms with E-state index in [0.29, 0.717) is 19.5 Å². The highest BCUT2D eigenvalue weighted by molar-refractivity contribution is 7.16. The molecule has 0 saturated heterocycles. The van der Waals surface area contributed by atoms with Gasteiger partial charge < -0.3 is 4.90 Å². The molecule has 2 rings (SSSR count). The Bertz CT molecular complexity index is 548. The first kappa shape index (κ1) is 14.3. The minimum Gasteiger partial charge on any atom is -0.334 e. The Morgan fingerprint density at radius 2 is 2.21 bits per heavy atom. The van der Waals surface area contributed by atoms with E-state index in [4.69, 9.17) is 11.6 Å². The molecule has 0 aliphatic carbocycles. The fourth-order valence-electron chi connectivity index (χ4n) is 1.71. The van der Waals surface area contributed by atoms with Gasteiger partial charge in [0.25, 0.3) is 0 Å². The Morgan fingerprint density at radius 1 is 1.37 bits per heavy atom. The van der Waals surface area contributed by atoms with Gasteiger partial charge in [-0.2, -0.15) is 0 Å². The molecule has 0 atom stereocenters. The van der Waals surface area contributed by atoms with Gasteiger partial charge >= 0.3 is 0 Å². The van der Waals surface area contributed by atoms with Crippen molar-refractivity contribution in [2.24, 2.45) is 0 Å². The zero-order valence-electron chi connectivity index (χ0n) is 10.3. The van der Waals surface area contributed by atoms with Crippen LogP contribution in [0.3, 0.4) is 0 Å². The third kappa shape index (κ3) is 4.20. The van der Waals surface area contributed by atoms with Crippen molar-refractivity contribution in [3.05, 3.63) is 56.4 Å². The van der Waals surface area contributed by atoms with E-state index in [1.54, 1.807) is 22.3 Å². The Hall–Kier alpha value is -1.10. The van der Waals surface area contributed by atoms with Crippen molar-refractivity contribution in [3.8, 4) is 0 Å². The minimum atomic E-state index is 0.117. The van der Waals surface area contributed by atoms with Gasteiger partial charge in [0.05, 0.1) is 17.3 Å². The van der Waals surface area contributed by atoms with Crippen LogP contribution in [-0.2, 0) is 17.8 Å². The molecule has 0 N–H and O–H groups in total. The standard InChI is InChI=1S/C14H14ClNOS2/c1-2-7-16(10-12-5-6-13(15)19-12)14(17)9-11-4-3-8-18-11/h2-6,8H,1,7,9-10H2. The summed E-state index contributed by atoms with van der Waals surface area (Å²) >= 11 is 9.02. The lowest BCUT2D eigenvalue weighted by Crippen LogP contribution is -2.31. The van der Waals surface area contributed by atoms with Crippen LogP contribution in [0.2, 0.25) is 4.34 Å². The van der Waals surface area contributed by atoms with Crippen molar-refractivity contribution in [1.29, 1.82) is 0 Å². The first-order valence-electron chi connectivity index (χ1n) is 5.84. The molecule has 0 saturated carbocycles. The number of carbonyl (C=O) groups is 1. The van der Waals surface area contributed by atoms with Gasteiger partial charge in [0.2, 0.25) is 5.91 Å². The fraction of sp³-hybridized carbons (Fsp3) is 0.214. The molecule has 2 nitrogen and oxygen atoms in total. The molecule has 0 aliphatic rings. The molecular formula is C14H14ClNOS2. The quantitative estimate of drug-likeness (QED) is 0.731. The van der Waals surface area contributed by atoms with Crippen LogP contribution in [0.15, 0.2) is 42.3 Å². The molecule has 2 heterocycles. The van der Waals surface area contributed by atoms with Gasteiger partial charge in [0, 0.05) is 16.3 Å². The highest BCUT2D eigenvalue weighted by Gasteiger charge is 2.14. The van der Waals surface area contributed by atoms with E-state index in [9.17, 15) is 4.79 Å². The number of thiophene rings is 2. The fourth-order valence-corrected chi connectivity index (χ4v) is 3.51. The van der Waals surface area contributed by atoms with Crippen molar-refractivity contribution in [1.82, 2.24) is 4.90 Å². The van der Waals surface area contributed by atoms with E-state index < -0.39 is 0 Å². The lowest BCUT2D eigenvalue weighted by atomic mass is 10.3. The van der Waals surface area contributed by atoms with Crippen LogP contribution >= 0.6 is 34.3 Å². The molecule has 0 unspecified atom stereocenters. The Balaban J connectivity index is 2.02. The summed E-state index contributed by atoms with van der Waals surface area (Å²) in [5.74, 6) is 0.117. The molecule has 0 aliphatic heterocycles. The number of hydrogen-bond donors (Lipinski definition) is 0. The van der Waals surface area contributed by atoms with E-state index >= 15 is 0 Å². The second-order valence-corrected chi connectivity index (χ2v) is 6.86. The molecule has 19 heavy (non-hydrogen) atoms. The average Bonchev–Trinajstić information content (AvgIpc) is 3.01. The second-order valence-electron chi connectivity index (χ2n) is 4.02. The van der Waals surface area contributed by atoms with Crippen LogP contribution in [0.1, 0.15) is 9.75 Å². The summed E-state index contributed by atoms with van der Waals surface area (Å²) in [4.78, 5) is 16.2. The molecule has 0 aromatic carbocycles. The number of hydrogen-bond acceptors (Lipinski definition) is 3. The van der Waals surface area contributed by atoms with Crippen molar-refractivity contribution in [2.75, 3.05) is 6.54 Å². The topological polar surface area (TPSA) is 20.3 Å². The van der Waals surface area contributed by atoms with Gasteiger partial charge in [0.15, 0.2) is 0 Å². The summed E-state index contributed by atoms with van der Waals surface area (Å²) in [6.45, 7) is 4.86. The van der Waals surface area contributed by atoms with E-state index in [1.807, 2.05) is 29.6 Å². The summed E-state index contributed by atoms with van der Waals surface area (Å²) in [5, 5.41) is 1.99. The van der Waals surface area contributed by atoms with Crippen LogP contribution in [0.4, 0.5) is 0 Å². The van der Waals surface area contributed by atoms with Crippen LogP contribution < -0.4 is 0 Å². The average molecular weight is 312 g/mol. The Labute approximate surface area is 125 Å². The third-order valence-electron chi connectivity index (χ3n) is 2.58. The van der Waals surface area contributed by atoms with Gasteiger partial charge in [-0.1, -0.05) is 23.7 Å². The predicted molar refractivity (Wildman–Crippen MR) is 83.0 cm³/mol. The van der Waals surface area contributed by atoms with Gasteiger partial charge in [-0.3, -0.25) is 4.79 Å². The summed E-state index contributed by atoms with van der Waals surface area (Å²) in [6.07, 6.45) is 2.20. The molecule has 2 aromatic rings. The van der Waals surface area contributed by atoms with Gasteiger partial charge in [-0.05, 0) is 23.6 Å². The van der Waals surface area contributed by atoms with E-state index in [-0.39, 0.29) is 5.91 Å². The zero-order valence-corrected chi connectivity index (χ0v) is 12.7. The van der Waals surface area contributed by atoms with Crippen LogP contribution in [0.5, 0.6) is 0 Å². The number of amides is 1. The number of nitrogens with zero attached hydrogens (tertiary/aromatic N) is 1. The van der Waals surface area contributed by atoms with Crippen molar-refractivity contribution >= 4 is 40.2 Å². The van der Waals surface area contributed by atoms with E-state index in [1.165, 1.54) is 11.3 Å². The predicted octanol–water partition coefficient (Wildman–Crippen LogP) is 4.22. The first-order valence-corrected chi connectivity index (χ1v) is 7.91. The van der Waals surface area contributed by atoms with Crippen LogP contribution in [0.25, 0.3) is 0 Å². The number of rotatable bonds is 6. The van der Waals surface area contributed by atoms with Crippen molar-refractivity contribution < 1.29 is 4.79 Å². The number of carbonyl (C=O) groups excluding carboxylic acids is 1. The lowest BCUT2D eigenvalue weighted by Gasteiger charge is -2.20. The molecule has 0 spiro atoms. The minimum absolute atomic E-state index is 0.117. The monoisotopic (exact) mass is 311 g/mol. The third-order valence-corrected chi connectivity index (χ3v) is 4.68. The van der Waals surface area contributed by atoms with Gasteiger partial charge in [-0.25, -0.2) is 0 Å². The SMILES string of the molecule is C=CCN(Cc1ccc(Cl)s1)C(=O)Cc1cccs1. The molecule has 2 aromatic heterocycles.